The summed E-state index contributed by atoms with van der Waals surface area (Å²) in [6.45, 7) is 6.01. The molecule has 4 rings (SSSR count). The van der Waals surface area contributed by atoms with Crippen molar-refractivity contribution in [1.82, 2.24) is 5.32 Å². The van der Waals surface area contributed by atoms with Crippen LogP contribution in [0, 0.1) is 17.3 Å². The Balaban J connectivity index is 0.000000253. The number of carbonyl (C=O) groups is 1. The minimum Gasteiger partial charge on any atom is -0.369 e. The minimum atomic E-state index is -0.575. The molecule has 2 aliphatic carbocycles. The SMILES string of the molecule is CC1CC2CC(C)(C(N)=O)CC(c3ccccc3)(C1)C2.FC1CCCNC1. The van der Waals surface area contributed by atoms with Crippen molar-refractivity contribution in [2.75, 3.05) is 13.1 Å². The van der Waals surface area contributed by atoms with Gasteiger partial charge in [-0.05, 0) is 74.3 Å². The van der Waals surface area contributed by atoms with Gasteiger partial charge in [-0.2, -0.15) is 0 Å². The first-order valence-corrected chi connectivity index (χ1v) is 10.5. The second kappa shape index (κ2) is 8.30. The van der Waals surface area contributed by atoms with Crippen LogP contribution in [-0.2, 0) is 10.2 Å². The van der Waals surface area contributed by atoms with E-state index in [0.717, 1.165) is 38.1 Å². The van der Waals surface area contributed by atoms with Crippen molar-refractivity contribution in [1.29, 1.82) is 0 Å². The maximum absolute atomic E-state index is 12.1. The van der Waals surface area contributed by atoms with E-state index in [1.54, 1.807) is 0 Å². The van der Waals surface area contributed by atoms with Gasteiger partial charge in [0.15, 0.2) is 0 Å². The lowest BCUT2D eigenvalue weighted by Crippen LogP contribution is -2.51. The van der Waals surface area contributed by atoms with E-state index in [2.05, 4.69) is 49.5 Å². The van der Waals surface area contributed by atoms with E-state index in [1.807, 2.05) is 0 Å². The van der Waals surface area contributed by atoms with Gasteiger partial charge in [-0.25, -0.2) is 4.39 Å². The predicted molar refractivity (Wildman–Crippen MR) is 108 cm³/mol. The number of halogens is 1. The summed E-state index contributed by atoms with van der Waals surface area (Å²) in [6.07, 6.45) is 6.74. The number of nitrogens with one attached hydrogen (secondary N) is 1. The highest BCUT2D eigenvalue weighted by molar-refractivity contribution is 5.80. The molecule has 2 bridgehead atoms. The maximum Gasteiger partial charge on any atom is 0.223 e. The number of hydrogen-bond donors (Lipinski definition) is 2. The van der Waals surface area contributed by atoms with Gasteiger partial charge in [0.2, 0.25) is 5.91 Å². The molecule has 5 unspecified atom stereocenters. The topological polar surface area (TPSA) is 55.1 Å². The van der Waals surface area contributed by atoms with E-state index in [1.165, 1.54) is 24.8 Å². The van der Waals surface area contributed by atoms with Crippen LogP contribution >= 0.6 is 0 Å². The van der Waals surface area contributed by atoms with Gasteiger partial charge < -0.3 is 11.1 Å². The summed E-state index contributed by atoms with van der Waals surface area (Å²) < 4.78 is 12.1. The van der Waals surface area contributed by atoms with Crippen LogP contribution in [0.25, 0.3) is 0 Å². The number of amides is 1. The zero-order valence-electron chi connectivity index (χ0n) is 16.8. The average molecular weight is 375 g/mol. The molecule has 1 aromatic carbocycles. The third kappa shape index (κ3) is 4.71. The summed E-state index contributed by atoms with van der Waals surface area (Å²) in [6, 6.07) is 10.8. The third-order valence-electron chi connectivity index (χ3n) is 6.84. The number of alkyl halides is 1. The van der Waals surface area contributed by atoms with E-state index in [4.69, 9.17) is 5.73 Å². The van der Waals surface area contributed by atoms with Gasteiger partial charge in [-0.15, -0.1) is 0 Å². The third-order valence-corrected chi connectivity index (χ3v) is 6.84. The lowest BCUT2D eigenvalue weighted by Gasteiger charge is -2.53. The summed E-state index contributed by atoms with van der Waals surface area (Å²) in [5.41, 5.74) is 6.97. The molecule has 3 nitrogen and oxygen atoms in total. The molecule has 0 radical (unpaired) electrons. The number of primary amides is 1. The van der Waals surface area contributed by atoms with Crippen LogP contribution in [0.5, 0.6) is 0 Å². The van der Waals surface area contributed by atoms with Gasteiger partial charge in [0.25, 0.3) is 0 Å². The van der Waals surface area contributed by atoms with Crippen LogP contribution in [0.3, 0.4) is 0 Å². The number of carbonyl (C=O) groups excluding carboxylic acids is 1. The van der Waals surface area contributed by atoms with Gasteiger partial charge in [0.05, 0.1) is 0 Å². The molecule has 150 valence electrons. The van der Waals surface area contributed by atoms with Crippen molar-refractivity contribution < 1.29 is 9.18 Å². The second-order valence-corrected chi connectivity index (χ2v) is 9.51. The Bertz CT molecular complexity index is 627. The van der Waals surface area contributed by atoms with Crippen LogP contribution in [0.2, 0.25) is 0 Å². The monoisotopic (exact) mass is 374 g/mol. The number of hydrogen-bond acceptors (Lipinski definition) is 2. The van der Waals surface area contributed by atoms with Crippen LogP contribution in [0.4, 0.5) is 4.39 Å². The van der Waals surface area contributed by atoms with Crippen LogP contribution in [0.1, 0.15) is 64.4 Å². The largest absolute Gasteiger partial charge is 0.369 e. The van der Waals surface area contributed by atoms with Crippen molar-refractivity contribution >= 4 is 5.91 Å². The molecule has 4 heteroatoms. The van der Waals surface area contributed by atoms with Crippen molar-refractivity contribution in [3.63, 3.8) is 0 Å². The molecule has 0 spiro atoms. The highest BCUT2D eigenvalue weighted by Gasteiger charge is 2.52. The Morgan fingerprint density at radius 2 is 1.96 bits per heavy atom. The predicted octanol–water partition coefficient (Wildman–Crippen LogP) is 4.35. The van der Waals surface area contributed by atoms with Crippen molar-refractivity contribution in [2.24, 2.45) is 23.0 Å². The molecule has 3 fully saturated rings. The van der Waals surface area contributed by atoms with Gasteiger partial charge in [0, 0.05) is 12.0 Å². The number of fused-ring (bicyclic) bond motifs is 2. The summed E-state index contributed by atoms with van der Waals surface area (Å²) in [5, 5.41) is 2.96. The molecule has 3 aliphatic rings. The normalized spacial score (nSPS) is 38.4. The number of benzene rings is 1. The van der Waals surface area contributed by atoms with Gasteiger partial charge >= 0.3 is 0 Å². The zero-order chi connectivity index (χ0) is 19.5. The highest BCUT2D eigenvalue weighted by atomic mass is 19.1. The quantitative estimate of drug-likeness (QED) is 0.808. The number of piperidine rings is 1. The van der Waals surface area contributed by atoms with Crippen LogP contribution < -0.4 is 11.1 Å². The zero-order valence-corrected chi connectivity index (χ0v) is 16.8. The Kier molecular flexibility index (Phi) is 6.25. The van der Waals surface area contributed by atoms with Crippen molar-refractivity contribution in [3.05, 3.63) is 35.9 Å². The fourth-order valence-electron chi connectivity index (χ4n) is 5.92. The molecule has 27 heavy (non-hydrogen) atoms. The van der Waals surface area contributed by atoms with Crippen LogP contribution in [0.15, 0.2) is 30.3 Å². The Labute approximate surface area is 163 Å². The second-order valence-electron chi connectivity index (χ2n) is 9.51. The fraction of sp³-hybridized carbons (Fsp3) is 0.696. The van der Waals surface area contributed by atoms with E-state index >= 15 is 0 Å². The average Bonchev–Trinajstić information content (AvgIpc) is 2.62. The molecular formula is C23H35FN2O. The molecule has 1 aromatic rings. The number of rotatable bonds is 2. The fourth-order valence-corrected chi connectivity index (χ4v) is 5.92. The van der Waals surface area contributed by atoms with Crippen molar-refractivity contribution in [2.45, 2.75) is 70.4 Å². The van der Waals surface area contributed by atoms with Crippen LogP contribution in [-0.4, -0.2) is 25.2 Å². The molecular weight excluding hydrogens is 339 g/mol. The van der Waals surface area contributed by atoms with Crippen molar-refractivity contribution in [3.8, 4) is 0 Å². The molecule has 1 amide bonds. The summed E-state index contributed by atoms with van der Waals surface area (Å²) in [7, 11) is 0. The highest BCUT2D eigenvalue weighted by Crippen LogP contribution is 2.57. The Morgan fingerprint density at radius 3 is 2.52 bits per heavy atom. The maximum atomic E-state index is 12.1. The summed E-state index contributed by atoms with van der Waals surface area (Å²) in [4.78, 5) is 12.0. The first kappa shape index (κ1) is 20.3. The first-order chi connectivity index (χ1) is 12.8. The lowest BCUT2D eigenvalue weighted by molar-refractivity contribution is -0.133. The van der Waals surface area contributed by atoms with E-state index < -0.39 is 6.17 Å². The van der Waals surface area contributed by atoms with E-state index in [9.17, 15) is 9.18 Å². The molecule has 0 aromatic heterocycles. The van der Waals surface area contributed by atoms with Gasteiger partial charge in [0.1, 0.15) is 6.17 Å². The summed E-state index contributed by atoms with van der Waals surface area (Å²) >= 11 is 0. The first-order valence-electron chi connectivity index (χ1n) is 10.5. The molecule has 1 saturated heterocycles. The molecule has 1 aliphatic heterocycles. The van der Waals surface area contributed by atoms with E-state index in [0.29, 0.717) is 12.5 Å². The minimum absolute atomic E-state index is 0.114. The standard InChI is InChI=1S/C18H25NO.C5H10FN/c1-13-8-14-10-17(2,16(19)20)12-18(9-13,11-14)15-6-4-3-5-7-15;6-5-2-1-3-7-4-5/h3-7,13-14H,8-12H2,1-2H3,(H2,19,20);5,7H,1-4H2. The number of nitrogens with two attached hydrogens (primary N) is 1. The molecule has 2 saturated carbocycles. The smallest absolute Gasteiger partial charge is 0.223 e. The Morgan fingerprint density at radius 1 is 1.22 bits per heavy atom. The van der Waals surface area contributed by atoms with E-state index in [-0.39, 0.29) is 16.7 Å². The summed E-state index contributed by atoms with van der Waals surface area (Å²) in [5.74, 6) is 1.27. The molecule has 3 N–H and O–H groups in total. The Hall–Kier alpha value is -1.42. The van der Waals surface area contributed by atoms with Gasteiger partial charge in [-0.3, -0.25) is 4.79 Å². The molecule has 5 atom stereocenters. The lowest BCUT2D eigenvalue weighted by atomic mass is 9.50. The molecule has 1 heterocycles. The van der Waals surface area contributed by atoms with Gasteiger partial charge in [-0.1, -0.05) is 44.2 Å².